The van der Waals surface area contributed by atoms with E-state index >= 15 is 0 Å². The zero-order chi connectivity index (χ0) is 17.9. The SMILES string of the molecule is CN=C(NCCCOC)NCC(c1ccc(Cl)cc1)N1CCOCC1. The zero-order valence-electron chi connectivity index (χ0n) is 15.1. The summed E-state index contributed by atoms with van der Waals surface area (Å²) in [6, 6.07) is 8.33. The van der Waals surface area contributed by atoms with Crippen LogP contribution in [-0.2, 0) is 9.47 Å². The zero-order valence-corrected chi connectivity index (χ0v) is 15.9. The van der Waals surface area contributed by atoms with E-state index in [1.807, 2.05) is 12.1 Å². The number of hydrogen-bond donors (Lipinski definition) is 2. The lowest BCUT2D eigenvalue weighted by Gasteiger charge is -2.35. The average Bonchev–Trinajstić information content (AvgIpc) is 2.66. The number of rotatable bonds is 8. The van der Waals surface area contributed by atoms with E-state index in [2.05, 4.69) is 32.7 Å². The number of nitrogens with zero attached hydrogens (tertiary/aromatic N) is 2. The molecule has 140 valence electrons. The molecular weight excluding hydrogens is 340 g/mol. The minimum Gasteiger partial charge on any atom is -0.385 e. The van der Waals surface area contributed by atoms with Gasteiger partial charge in [0.05, 0.1) is 19.3 Å². The summed E-state index contributed by atoms with van der Waals surface area (Å²) in [5.74, 6) is 0.809. The summed E-state index contributed by atoms with van der Waals surface area (Å²) in [5.41, 5.74) is 1.24. The van der Waals surface area contributed by atoms with Crippen molar-refractivity contribution in [3.05, 3.63) is 34.9 Å². The van der Waals surface area contributed by atoms with Crippen molar-refractivity contribution in [2.45, 2.75) is 12.5 Å². The molecule has 0 amide bonds. The monoisotopic (exact) mass is 368 g/mol. The molecule has 1 atom stereocenters. The Morgan fingerprint density at radius 1 is 1.28 bits per heavy atom. The van der Waals surface area contributed by atoms with Crippen LogP contribution in [0, 0.1) is 0 Å². The number of aliphatic imine (C=N–C) groups is 1. The Labute approximate surface area is 155 Å². The van der Waals surface area contributed by atoms with Crippen LogP contribution in [0.3, 0.4) is 0 Å². The molecule has 0 saturated carbocycles. The van der Waals surface area contributed by atoms with Gasteiger partial charge in [0.2, 0.25) is 0 Å². The summed E-state index contributed by atoms with van der Waals surface area (Å²) >= 11 is 6.05. The topological polar surface area (TPSA) is 58.1 Å². The number of halogens is 1. The molecule has 1 heterocycles. The summed E-state index contributed by atoms with van der Waals surface area (Å²) in [5, 5.41) is 7.51. The second-order valence-corrected chi connectivity index (χ2v) is 6.38. The van der Waals surface area contributed by atoms with Gasteiger partial charge in [-0.15, -0.1) is 0 Å². The predicted molar refractivity (Wildman–Crippen MR) is 102 cm³/mol. The fraction of sp³-hybridized carbons (Fsp3) is 0.611. The van der Waals surface area contributed by atoms with E-state index in [0.717, 1.165) is 63.4 Å². The first-order chi connectivity index (χ1) is 12.2. The number of guanidine groups is 1. The lowest BCUT2D eigenvalue weighted by Crippen LogP contribution is -2.46. The number of hydrogen-bond acceptors (Lipinski definition) is 4. The van der Waals surface area contributed by atoms with Crippen LogP contribution >= 0.6 is 11.6 Å². The van der Waals surface area contributed by atoms with Crippen LogP contribution < -0.4 is 10.6 Å². The number of morpholine rings is 1. The lowest BCUT2D eigenvalue weighted by atomic mass is 10.0. The quantitative estimate of drug-likeness (QED) is 0.417. The van der Waals surface area contributed by atoms with Crippen LogP contribution in [0.4, 0.5) is 0 Å². The first-order valence-electron chi connectivity index (χ1n) is 8.75. The van der Waals surface area contributed by atoms with E-state index in [9.17, 15) is 0 Å². The van der Waals surface area contributed by atoms with Crippen molar-refractivity contribution in [3.63, 3.8) is 0 Å². The van der Waals surface area contributed by atoms with E-state index < -0.39 is 0 Å². The fourth-order valence-electron chi connectivity index (χ4n) is 2.87. The molecule has 7 heteroatoms. The molecule has 0 aromatic heterocycles. The van der Waals surface area contributed by atoms with Crippen molar-refractivity contribution in [2.24, 2.45) is 4.99 Å². The molecule has 0 bridgehead atoms. The Balaban J connectivity index is 1.96. The second kappa shape index (κ2) is 11.3. The van der Waals surface area contributed by atoms with E-state index in [0.29, 0.717) is 0 Å². The van der Waals surface area contributed by atoms with E-state index in [4.69, 9.17) is 21.1 Å². The Hall–Kier alpha value is -1.34. The Morgan fingerprint density at radius 3 is 2.64 bits per heavy atom. The molecule has 1 aromatic carbocycles. The molecule has 0 spiro atoms. The molecule has 1 aliphatic heterocycles. The fourth-order valence-corrected chi connectivity index (χ4v) is 3.00. The first-order valence-corrected chi connectivity index (χ1v) is 9.13. The van der Waals surface area contributed by atoms with Gasteiger partial charge in [-0.1, -0.05) is 23.7 Å². The van der Waals surface area contributed by atoms with Crippen LogP contribution in [0.5, 0.6) is 0 Å². The van der Waals surface area contributed by atoms with Gasteiger partial charge in [-0.2, -0.15) is 0 Å². The van der Waals surface area contributed by atoms with Crippen molar-refractivity contribution in [1.29, 1.82) is 0 Å². The molecule has 0 aliphatic carbocycles. The van der Waals surface area contributed by atoms with Crippen molar-refractivity contribution in [2.75, 3.05) is 60.2 Å². The van der Waals surface area contributed by atoms with Crippen LogP contribution in [0.2, 0.25) is 5.02 Å². The molecule has 2 N–H and O–H groups in total. The van der Waals surface area contributed by atoms with Gasteiger partial charge in [0.1, 0.15) is 0 Å². The van der Waals surface area contributed by atoms with Gasteiger partial charge >= 0.3 is 0 Å². The Kier molecular flexibility index (Phi) is 9.04. The predicted octanol–water partition coefficient (Wildman–Crippen LogP) is 1.91. The van der Waals surface area contributed by atoms with E-state index in [1.54, 1.807) is 14.2 Å². The van der Waals surface area contributed by atoms with Crippen LogP contribution in [-0.4, -0.2) is 71.0 Å². The van der Waals surface area contributed by atoms with Crippen molar-refractivity contribution < 1.29 is 9.47 Å². The molecule has 2 rings (SSSR count). The highest BCUT2D eigenvalue weighted by atomic mass is 35.5. The van der Waals surface area contributed by atoms with Gasteiger partial charge in [0.25, 0.3) is 0 Å². The van der Waals surface area contributed by atoms with Crippen LogP contribution in [0.25, 0.3) is 0 Å². The number of benzene rings is 1. The third-order valence-corrected chi connectivity index (χ3v) is 4.50. The summed E-state index contributed by atoms with van der Waals surface area (Å²) in [6.45, 7) is 5.74. The van der Waals surface area contributed by atoms with Crippen LogP contribution in [0.1, 0.15) is 18.0 Å². The summed E-state index contributed by atoms with van der Waals surface area (Å²) in [7, 11) is 3.50. The number of nitrogens with one attached hydrogen (secondary N) is 2. The standard InChI is InChI=1S/C18H29ClN4O2/c1-20-18(21-8-3-11-24-2)22-14-17(23-9-12-25-13-10-23)15-4-6-16(19)7-5-15/h4-7,17H,3,8-14H2,1-2H3,(H2,20,21,22). The summed E-state index contributed by atoms with van der Waals surface area (Å²) in [6.07, 6.45) is 0.946. The Morgan fingerprint density at radius 2 is 2.00 bits per heavy atom. The number of methoxy groups -OCH3 is 1. The molecule has 1 saturated heterocycles. The maximum absolute atomic E-state index is 6.05. The summed E-state index contributed by atoms with van der Waals surface area (Å²) in [4.78, 5) is 6.74. The van der Waals surface area contributed by atoms with Crippen molar-refractivity contribution in [1.82, 2.24) is 15.5 Å². The molecule has 1 unspecified atom stereocenters. The van der Waals surface area contributed by atoms with Gasteiger partial charge < -0.3 is 20.1 Å². The molecular formula is C18H29ClN4O2. The third kappa shape index (κ3) is 6.82. The molecule has 1 aromatic rings. The third-order valence-electron chi connectivity index (χ3n) is 4.25. The number of ether oxygens (including phenoxy) is 2. The van der Waals surface area contributed by atoms with Gasteiger partial charge in [-0.3, -0.25) is 9.89 Å². The van der Waals surface area contributed by atoms with Crippen LogP contribution in [0.15, 0.2) is 29.3 Å². The largest absolute Gasteiger partial charge is 0.385 e. The maximum Gasteiger partial charge on any atom is 0.191 e. The van der Waals surface area contributed by atoms with E-state index in [-0.39, 0.29) is 6.04 Å². The smallest absolute Gasteiger partial charge is 0.191 e. The van der Waals surface area contributed by atoms with Gasteiger partial charge in [0, 0.05) is 52.0 Å². The van der Waals surface area contributed by atoms with Gasteiger partial charge in [-0.05, 0) is 24.1 Å². The maximum atomic E-state index is 6.05. The second-order valence-electron chi connectivity index (χ2n) is 5.94. The highest BCUT2D eigenvalue weighted by Crippen LogP contribution is 2.23. The molecule has 1 aliphatic rings. The van der Waals surface area contributed by atoms with Crippen molar-refractivity contribution in [3.8, 4) is 0 Å². The Bertz CT molecular complexity index is 518. The highest BCUT2D eigenvalue weighted by Gasteiger charge is 2.22. The van der Waals surface area contributed by atoms with Crippen molar-refractivity contribution >= 4 is 17.6 Å². The minimum absolute atomic E-state index is 0.249. The molecule has 6 nitrogen and oxygen atoms in total. The van der Waals surface area contributed by atoms with E-state index in [1.165, 1.54) is 5.56 Å². The highest BCUT2D eigenvalue weighted by molar-refractivity contribution is 6.30. The van der Waals surface area contributed by atoms with Gasteiger partial charge in [0.15, 0.2) is 5.96 Å². The molecule has 0 radical (unpaired) electrons. The lowest BCUT2D eigenvalue weighted by molar-refractivity contribution is 0.0170. The minimum atomic E-state index is 0.249. The first kappa shape index (κ1) is 20.0. The summed E-state index contributed by atoms with van der Waals surface area (Å²) < 4.78 is 10.6. The molecule has 25 heavy (non-hydrogen) atoms. The average molecular weight is 369 g/mol. The molecule has 1 fully saturated rings. The normalized spacial score (nSPS) is 17.3. The van der Waals surface area contributed by atoms with Gasteiger partial charge in [-0.25, -0.2) is 0 Å².